The summed E-state index contributed by atoms with van der Waals surface area (Å²) in [7, 11) is 1.94. The van der Waals surface area contributed by atoms with Crippen LogP contribution in [0.3, 0.4) is 0 Å². The molecule has 1 aliphatic carbocycles. The fraction of sp³-hybridized carbons (Fsp3) is 0.526. The number of carboxylic acids is 1. The summed E-state index contributed by atoms with van der Waals surface area (Å²) in [6, 6.07) is 2.91. The highest BCUT2D eigenvalue weighted by atomic mass is 16.4. The van der Waals surface area contributed by atoms with E-state index in [9.17, 15) is 14.7 Å². The first kappa shape index (κ1) is 18.5. The summed E-state index contributed by atoms with van der Waals surface area (Å²) in [6.45, 7) is 0.730. The molecule has 2 atom stereocenters. The number of nitrogens with one attached hydrogen (secondary N) is 1. The molecule has 2 N–H and O–H groups in total. The number of nitrogens with zero attached hydrogens (tertiary/aromatic N) is 5. The van der Waals surface area contributed by atoms with Crippen LogP contribution in [0.2, 0.25) is 0 Å². The van der Waals surface area contributed by atoms with Gasteiger partial charge >= 0.3 is 5.97 Å². The Morgan fingerprint density at radius 3 is 2.71 bits per heavy atom. The summed E-state index contributed by atoms with van der Waals surface area (Å²) in [5, 5.41) is 16.9. The lowest BCUT2D eigenvalue weighted by Crippen LogP contribution is -2.47. The Labute approximate surface area is 162 Å². The van der Waals surface area contributed by atoms with Crippen LogP contribution < -0.4 is 5.32 Å². The van der Waals surface area contributed by atoms with Gasteiger partial charge in [-0.05, 0) is 50.4 Å². The zero-order valence-electron chi connectivity index (χ0n) is 15.8. The van der Waals surface area contributed by atoms with Crippen LogP contribution in [0.5, 0.6) is 0 Å². The van der Waals surface area contributed by atoms with Gasteiger partial charge in [0.15, 0.2) is 6.04 Å². The lowest BCUT2D eigenvalue weighted by molar-refractivity contribution is -0.144. The molecule has 0 saturated heterocycles. The highest BCUT2D eigenvalue weighted by Gasteiger charge is 2.39. The molecule has 2 aromatic heterocycles. The monoisotopic (exact) mass is 384 g/mol. The molecular formula is C19H24N6O3. The summed E-state index contributed by atoms with van der Waals surface area (Å²) in [5.41, 5.74) is 1.16. The Bertz CT molecular complexity index is 864. The van der Waals surface area contributed by atoms with E-state index in [4.69, 9.17) is 0 Å². The van der Waals surface area contributed by atoms with Crippen molar-refractivity contribution in [1.82, 2.24) is 24.6 Å². The van der Waals surface area contributed by atoms with Crippen molar-refractivity contribution in [3.05, 3.63) is 35.9 Å². The van der Waals surface area contributed by atoms with Crippen LogP contribution in [0.25, 0.3) is 0 Å². The number of rotatable bonds is 7. The van der Waals surface area contributed by atoms with E-state index in [1.807, 2.05) is 19.2 Å². The standard InChI is InChI=1S/C19H24N6O3/c1-24(11-8-12-6-9-20-10-7-12)14-4-5-15-21-19(22-17(26)13-2-3-13)23-25(15)16(14)18(27)28/h6-7,9-10,13-14,16H,2-5,8,11H2,1H3,(H,27,28)(H,22,23,26). The Hall–Kier alpha value is -2.81. The fourth-order valence-corrected chi connectivity index (χ4v) is 3.71. The molecule has 4 rings (SSSR count). The summed E-state index contributed by atoms with van der Waals surface area (Å²) >= 11 is 0. The van der Waals surface area contributed by atoms with Crippen molar-refractivity contribution in [1.29, 1.82) is 0 Å². The maximum atomic E-state index is 12.0. The maximum absolute atomic E-state index is 12.0. The molecule has 1 fully saturated rings. The van der Waals surface area contributed by atoms with Crippen LogP contribution >= 0.6 is 0 Å². The SMILES string of the molecule is CN(CCc1ccncc1)C1CCc2nc(NC(=O)C3CC3)nn2C1C(=O)O. The number of hydrogen-bond acceptors (Lipinski definition) is 6. The molecule has 2 aliphatic rings. The van der Waals surface area contributed by atoms with Gasteiger partial charge in [0, 0.05) is 37.3 Å². The second kappa shape index (κ2) is 7.67. The Balaban J connectivity index is 1.48. The Morgan fingerprint density at radius 2 is 2.04 bits per heavy atom. The zero-order valence-corrected chi connectivity index (χ0v) is 15.8. The highest BCUT2D eigenvalue weighted by molar-refractivity contribution is 5.92. The lowest BCUT2D eigenvalue weighted by Gasteiger charge is -2.35. The molecule has 0 bridgehead atoms. The molecule has 3 heterocycles. The van der Waals surface area contributed by atoms with E-state index in [1.165, 1.54) is 4.68 Å². The molecule has 148 valence electrons. The second-order valence-electron chi connectivity index (χ2n) is 7.53. The van der Waals surface area contributed by atoms with Gasteiger partial charge in [-0.2, -0.15) is 4.98 Å². The molecule has 1 amide bonds. The first-order chi connectivity index (χ1) is 13.5. The van der Waals surface area contributed by atoms with Gasteiger partial charge in [-0.3, -0.25) is 15.1 Å². The third-order valence-corrected chi connectivity index (χ3v) is 5.50. The minimum Gasteiger partial charge on any atom is -0.480 e. The zero-order chi connectivity index (χ0) is 19.7. The van der Waals surface area contributed by atoms with Gasteiger partial charge in [0.05, 0.1) is 0 Å². The average Bonchev–Trinajstić information content (AvgIpc) is 3.46. The number of fused-ring (bicyclic) bond motifs is 1. The predicted molar refractivity (Wildman–Crippen MR) is 101 cm³/mol. The molecule has 9 nitrogen and oxygen atoms in total. The highest BCUT2D eigenvalue weighted by Crippen LogP contribution is 2.31. The summed E-state index contributed by atoms with van der Waals surface area (Å²) in [4.78, 5) is 34.5. The molecule has 0 aromatic carbocycles. The number of anilines is 1. The van der Waals surface area contributed by atoms with Gasteiger partial charge in [-0.1, -0.05) is 0 Å². The minimum absolute atomic E-state index is 0.0443. The number of aliphatic carboxylic acids is 1. The molecule has 2 unspecified atom stereocenters. The van der Waals surface area contributed by atoms with Gasteiger partial charge in [0.2, 0.25) is 11.9 Å². The van der Waals surface area contributed by atoms with E-state index in [0.717, 1.165) is 31.4 Å². The largest absolute Gasteiger partial charge is 0.480 e. The number of carbonyl (C=O) groups excluding carboxylic acids is 1. The van der Waals surface area contributed by atoms with Gasteiger partial charge in [-0.15, -0.1) is 5.10 Å². The molecule has 1 aliphatic heterocycles. The average molecular weight is 384 g/mol. The smallest absolute Gasteiger partial charge is 0.330 e. The minimum atomic E-state index is -0.938. The third-order valence-electron chi connectivity index (χ3n) is 5.50. The molecule has 1 saturated carbocycles. The number of hydrogen-bond donors (Lipinski definition) is 2. The van der Waals surface area contributed by atoms with E-state index < -0.39 is 12.0 Å². The normalized spacial score (nSPS) is 21.4. The van der Waals surface area contributed by atoms with E-state index in [0.29, 0.717) is 18.7 Å². The molecule has 0 spiro atoms. The van der Waals surface area contributed by atoms with E-state index in [1.54, 1.807) is 12.4 Å². The van der Waals surface area contributed by atoms with E-state index in [-0.39, 0.29) is 23.8 Å². The van der Waals surface area contributed by atoms with Gasteiger partial charge in [0.25, 0.3) is 0 Å². The lowest BCUT2D eigenvalue weighted by atomic mass is 9.97. The van der Waals surface area contributed by atoms with E-state index in [2.05, 4.69) is 25.3 Å². The molecule has 9 heteroatoms. The van der Waals surface area contributed by atoms with Crippen molar-refractivity contribution in [2.24, 2.45) is 5.92 Å². The van der Waals surface area contributed by atoms with Crippen LogP contribution in [0, 0.1) is 5.92 Å². The third kappa shape index (κ3) is 3.89. The topological polar surface area (TPSA) is 113 Å². The van der Waals surface area contributed by atoms with Crippen LogP contribution in [0.15, 0.2) is 24.5 Å². The summed E-state index contributed by atoms with van der Waals surface area (Å²) in [6.07, 6.45) is 7.42. The van der Waals surface area contributed by atoms with Gasteiger partial charge < -0.3 is 10.0 Å². The van der Waals surface area contributed by atoms with E-state index >= 15 is 0 Å². The van der Waals surface area contributed by atoms with Gasteiger partial charge in [0.1, 0.15) is 5.82 Å². The van der Waals surface area contributed by atoms with Crippen molar-refractivity contribution < 1.29 is 14.7 Å². The van der Waals surface area contributed by atoms with Crippen LogP contribution in [0.1, 0.15) is 36.7 Å². The fourth-order valence-electron chi connectivity index (χ4n) is 3.71. The number of likely N-dealkylation sites (N-methyl/N-ethyl adjacent to an activating group) is 1. The van der Waals surface area contributed by atoms with Crippen molar-refractivity contribution in [2.75, 3.05) is 18.9 Å². The molecule has 28 heavy (non-hydrogen) atoms. The predicted octanol–water partition coefficient (Wildman–Crippen LogP) is 1.14. The van der Waals surface area contributed by atoms with Crippen LogP contribution in [-0.4, -0.2) is 61.3 Å². The van der Waals surface area contributed by atoms with Crippen LogP contribution in [-0.2, 0) is 22.4 Å². The van der Waals surface area contributed by atoms with Crippen molar-refractivity contribution >= 4 is 17.8 Å². The molecular weight excluding hydrogens is 360 g/mol. The van der Waals surface area contributed by atoms with Crippen LogP contribution in [0.4, 0.5) is 5.95 Å². The Kier molecular flexibility index (Phi) is 5.08. The summed E-state index contributed by atoms with van der Waals surface area (Å²) in [5.74, 6) is -0.161. The van der Waals surface area contributed by atoms with Gasteiger partial charge in [-0.25, -0.2) is 9.48 Å². The number of carboxylic acid groups (broad SMARTS) is 1. The number of carbonyl (C=O) groups is 2. The second-order valence-corrected chi connectivity index (χ2v) is 7.53. The summed E-state index contributed by atoms with van der Waals surface area (Å²) < 4.78 is 1.47. The first-order valence-electron chi connectivity index (χ1n) is 9.61. The first-order valence-corrected chi connectivity index (χ1v) is 9.61. The maximum Gasteiger partial charge on any atom is 0.330 e. The number of pyridine rings is 1. The quantitative estimate of drug-likeness (QED) is 0.736. The molecule has 2 aromatic rings. The number of amides is 1. The Morgan fingerprint density at radius 1 is 1.29 bits per heavy atom. The van der Waals surface area contributed by atoms with Crippen molar-refractivity contribution in [3.63, 3.8) is 0 Å². The van der Waals surface area contributed by atoms with Crippen molar-refractivity contribution in [2.45, 2.75) is 44.2 Å². The van der Waals surface area contributed by atoms with Crippen molar-refractivity contribution in [3.8, 4) is 0 Å². The number of aryl methyl sites for hydroxylation is 1. The molecule has 0 radical (unpaired) electrons. The number of aromatic nitrogens is 4.